The molecule has 0 spiro atoms. The standard InChI is InChI=1S/C20H24N4O/c1-14-19(15(2)23(3)22-14)18-10-7-11-24(18)12-17-13-25-20(21-17)16-8-5-4-6-9-16/h4-6,8-9,13,18H,7,10-12H2,1-3H3/t18-/m1/s1. The SMILES string of the molecule is Cc1nn(C)c(C)c1[C@H]1CCCN1Cc1coc(-c2ccccc2)n1. The first kappa shape index (κ1) is 16.1. The summed E-state index contributed by atoms with van der Waals surface area (Å²) in [5, 5.41) is 4.60. The third-order valence-electron chi connectivity index (χ3n) is 5.20. The van der Waals surface area contributed by atoms with Crippen molar-refractivity contribution in [2.45, 2.75) is 39.3 Å². The second-order valence-electron chi connectivity index (χ2n) is 6.85. The first-order valence-corrected chi connectivity index (χ1v) is 8.87. The summed E-state index contributed by atoms with van der Waals surface area (Å²) in [5.41, 5.74) is 5.80. The molecule has 0 amide bonds. The van der Waals surface area contributed by atoms with E-state index in [2.05, 4.69) is 23.8 Å². The summed E-state index contributed by atoms with van der Waals surface area (Å²) in [7, 11) is 2.02. The van der Waals surface area contributed by atoms with Gasteiger partial charge in [-0.2, -0.15) is 5.10 Å². The van der Waals surface area contributed by atoms with E-state index in [9.17, 15) is 0 Å². The van der Waals surface area contributed by atoms with Gasteiger partial charge in [0.15, 0.2) is 0 Å². The van der Waals surface area contributed by atoms with Crippen LogP contribution in [0.15, 0.2) is 41.0 Å². The van der Waals surface area contributed by atoms with Gasteiger partial charge in [0.05, 0.1) is 11.4 Å². The number of likely N-dealkylation sites (tertiary alicyclic amines) is 1. The van der Waals surface area contributed by atoms with Crippen LogP contribution in [0.5, 0.6) is 0 Å². The number of oxazole rings is 1. The van der Waals surface area contributed by atoms with Crippen molar-refractivity contribution in [1.82, 2.24) is 19.7 Å². The van der Waals surface area contributed by atoms with Gasteiger partial charge >= 0.3 is 0 Å². The van der Waals surface area contributed by atoms with Crippen molar-refractivity contribution in [3.05, 3.63) is 59.2 Å². The van der Waals surface area contributed by atoms with E-state index < -0.39 is 0 Å². The quantitative estimate of drug-likeness (QED) is 0.722. The zero-order valence-corrected chi connectivity index (χ0v) is 15.1. The van der Waals surface area contributed by atoms with Gasteiger partial charge in [-0.05, 0) is 45.4 Å². The minimum atomic E-state index is 0.422. The van der Waals surface area contributed by atoms with E-state index >= 15 is 0 Å². The summed E-state index contributed by atoms with van der Waals surface area (Å²) in [4.78, 5) is 7.20. The first-order valence-electron chi connectivity index (χ1n) is 8.87. The Hall–Kier alpha value is -2.40. The Balaban J connectivity index is 1.55. The smallest absolute Gasteiger partial charge is 0.226 e. The van der Waals surface area contributed by atoms with Crippen LogP contribution in [-0.4, -0.2) is 26.2 Å². The topological polar surface area (TPSA) is 47.1 Å². The molecule has 2 aromatic heterocycles. The van der Waals surface area contributed by atoms with Crippen molar-refractivity contribution in [1.29, 1.82) is 0 Å². The average molecular weight is 336 g/mol. The molecular weight excluding hydrogens is 312 g/mol. The monoisotopic (exact) mass is 336 g/mol. The van der Waals surface area contributed by atoms with Gasteiger partial charge in [-0.25, -0.2) is 4.98 Å². The van der Waals surface area contributed by atoms with Gasteiger partial charge < -0.3 is 4.42 Å². The maximum absolute atomic E-state index is 5.70. The van der Waals surface area contributed by atoms with E-state index in [1.165, 1.54) is 24.1 Å². The second kappa shape index (κ2) is 6.48. The Morgan fingerprint density at radius 2 is 2.00 bits per heavy atom. The number of rotatable bonds is 4. The molecule has 0 radical (unpaired) electrons. The third kappa shape index (κ3) is 3.00. The highest BCUT2D eigenvalue weighted by molar-refractivity contribution is 5.52. The maximum Gasteiger partial charge on any atom is 0.226 e. The number of nitrogens with zero attached hydrogens (tertiary/aromatic N) is 4. The number of aryl methyl sites for hydroxylation is 2. The van der Waals surface area contributed by atoms with Gasteiger partial charge in [0.2, 0.25) is 5.89 Å². The highest BCUT2D eigenvalue weighted by Gasteiger charge is 2.30. The highest BCUT2D eigenvalue weighted by Crippen LogP contribution is 2.36. The zero-order valence-electron chi connectivity index (χ0n) is 15.1. The number of hydrogen-bond donors (Lipinski definition) is 0. The fourth-order valence-corrected chi connectivity index (χ4v) is 3.92. The van der Waals surface area contributed by atoms with Crippen LogP contribution < -0.4 is 0 Å². The van der Waals surface area contributed by atoms with Crippen LogP contribution in [0.3, 0.4) is 0 Å². The van der Waals surface area contributed by atoms with Crippen molar-refractivity contribution in [3.63, 3.8) is 0 Å². The first-order chi connectivity index (χ1) is 12.1. The highest BCUT2D eigenvalue weighted by atomic mass is 16.3. The van der Waals surface area contributed by atoms with Crippen LogP contribution in [0.1, 0.15) is 41.5 Å². The normalized spacial score (nSPS) is 18.1. The molecule has 5 nitrogen and oxygen atoms in total. The summed E-state index contributed by atoms with van der Waals surface area (Å²) in [6.45, 7) is 6.18. The summed E-state index contributed by atoms with van der Waals surface area (Å²) in [6.07, 6.45) is 4.18. The van der Waals surface area contributed by atoms with Crippen molar-refractivity contribution < 1.29 is 4.42 Å². The molecule has 25 heavy (non-hydrogen) atoms. The van der Waals surface area contributed by atoms with Crippen molar-refractivity contribution in [3.8, 4) is 11.5 Å². The molecule has 1 aliphatic rings. The number of benzene rings is 1. The van der Waals surface area contributed by atoms with Gasteiger partial charge in [0.1, 0.15) is 6.26 Å². The molecule has 4 rings (SSSR count). The summed E-state index contributed by atoms with van der Waals surface area (Å²) in [5.74, 6) is 0.695. The minimum absolute atomic E-state index is 0.422. The van der Waals surface area contributed by atoms with E-state index in [4.69, 9.17) is 9.40 Å². The lowest BCUT2D eigenvalue weighted by molar-refractivity contribution is 0.244. The van der Waals surface area contributed by atoms with Crippen molar-refractivity contribution in [2.24, 2.45) is 7.05 Å². The maximum atomic E-state index is 5.70. The fourth-order valence-electron chi connectivity index (χ4n) is 3.92. The van der Waals surface area contributed by atoms with Gasteiger partial charge in [0.25, 0.3) is 0 Å². The van der Waals surface area contributed by atoms with Crippen LogP contribution in [0.4, 0.5) is 0 Å². The Morgan fingerprint density at radius 1 is 1.20 bits per heavy atom. The van der Waals surface area contributed by atoms with Gasteiger partial charge in [-0.3, -0.25) is 9.58 Å². The van der Waals surface area contributed by atoms with E-state index in [-0.39, 0.29) is 0 Å². The van der Waals surface area contributed by atoms with Crippen LogP contribution in [0.25, 0.3) is 11.5 Å². The molecule has 1 saturated heterocycles. The molecule has 5 heteroatoms. The molecule has 0 aliphatic carbocycles. The third-order valence-corrected chi connectivity index (χ3v) is 5.20. The Bertz CT molecular complexity index is 865. The Kier molecular flexibility index (Phi) is 4.17. The average Bonchev–Trinajstić information content (AvgIpc) is 3.31. The Labute approximate surface area is 148 Å². The van der Waals surface area contributed by atoms with Crippen LogP contribution in [-0.2, 0) is 13.6 Å². The summed E-state index contributed by atoms with van der Waals surface area (Å²) < 4.78 is 7.69. The second-order valence-corrected chi connectivity index (χ2v) is 6.85. The molecule has 0 N–H and O–H groups in total. The molecule has 1 fully saturated rings. The minimum Gasteiger partial charge on any atom is -0.444 e. The van der Waals surface area contributed by atoms with E-state index in [1.807, 2.05) is 42.1 Å². The molecule has 3 heterocycles. The summed E-state index contributed by atoms with van der Waals surface area (Å²) in [6, 6.07) is 10.5. The van der Waals surface area contributed by atoms with E-state index in [0.29, 0.717) is 11.9 Å². The summed E-state index contributed by atoms with van der Waals surface area (Å²) >= 11 is 0. The van der Waals surface area contributed by atoms with E-state index in [0.717, 1.165) is 30.0 Å². The number of hydrogen-bond acceptors (Lipinski definition) is 4. The Morgan fingerprint density at radius 3 is 2.72 bits per heavy atom. The van der Waals surface area contributed by atoms with Gasteiger partial charge in [-0.1, -0.05) is 18.2 Å². The molecule has 1 aromatic carbocycles. The van der Waals surface area contributed by atoms with Crippen LogP contribution >= 0.6 is 0 Å². The molecular formula is C20H24N4O. The predicted molar refractivity (Wildman–Crippen MR) is 97.0 cm³/mol. The zero-order chi connectivity index (χ0) is 17.4. The largest absolute Gasteiger partial charge is 0.444 e. The van der Waals surface area contributed by atoms with E-state index in [1.54, 1.807) is 6.26 Å². The molecule has 0 saturated carbocycles. The molecule has 1 atom stereocenters. The lowest BCUT2D eigenvalue weighted by Crippen LogP contribution is -2.23. The van der Waals surface area contributed by atoms with Crippen molar-refractivity contribution >= 4 is 0 Å². The fraction of sp³-hybridized carbons (Fsp3) is 0.400. The molecule has 3 aromatic rings. The van der Waals surface area contributed by atoms with Crippen molar-refractivity contribution in [2.75, 3.05) is 6.54 Å². The predicted octanol–water partition coefficient (Wildman–Crippen LogP) is 4.03. The van der Waals surface area contributed by atoms with Crippen LogP contribution in [0.2, 0.25) is 0 Å². The van der Waals surface area contributed by atoms with Gasteiger partial charge in [-0.15, -0.1) is 0 Å². The number of aromatic nitrogens is 3. The molecule has 0 unspecified atom stereocenters. The molecule has 130 valence electrons. The molecule has 0 bridgehead atoms. The lowest BCUT2D eigenvalue weighted by Gasteiger charge is -2.24. The molecule has 1 aliphatic heterocycles. The van der Waals surface area contributed by atoms with Crippen LogP contribution in [0, 0.1) is 13.8 Å². The van der Waals surface area contributed by atoms with Gasteiger partial charge in [0, 0.05) is 36.5 Å². The lowest BCUT2D eigenvalue weighted by atomic mass is 10.0.